The van der Waals surface area contributed by atoms with Crippen molar-refractivity contribution >= 4 is 34.2 Å². The number of aromatic nitrogens is 4. The van der Waals surface area contributed by atoms with Gasteiger partial charge in [0.05, 0.1) is 27.5 Å². The zero-order valence-corrected chi connectivity index (χ0v) is 19.0. The van der Waals surface area contributed by atoms with E-state index in [2.05, 4.69) is 20.9 Å². The van der Waals surface area contributed by atoms with Gasteiger partial charge < -0.3 is 0 Å². The Morgan fingerprint density at radius 3 is 2.59 bits per heavy atom. The lowest BCUT2D eigenvalue weighted by Crippen LogP contribution is -2.25. The monoisotopic (exact) mass is 466 g/mol. The Bertz CT molecular complexity index is 1490. The topological polar surface area (TPSA) is 60.7 Å². The second-order valence-electron chi connectivity index (χ2n) is 7.57. The smallest absolute Gasteiger partial charge is 0.259 e. The van der Waals surface area contributed by atoms with Gasteiger partial charge in [-0.2, -0.15) is 4.98 Å². The molecule has 0 bridgehead atoms. The minimum absolute atomic E-state index is 0.0130. The summed E-state index contributed by atoms with van der Waals surface area (Å²) in [5.41, 5.74) is 2.33. The van der Waals surface area contributed by atoms with Crippen LogP contribution >= 0.6 is 23.2 Å². The number of halogens is 3. The van der Waals surface area contributed by atoms with Crippen molar-refractivity contribution in [3.8, 4) is 29.3 Å². The molecule has 0 saturated heterocycles. The van der Waals surface area contributed by atoms with Crippen LogP contribution in [0.25, 0.3) is 28.0 Å². The van der Waals surface area contributed by atoms with Gasteiger partial charge in [-0.3, -0.25) is 4.98 Å². The minimum Gasteiger partial charge on any atom is -0.259 e. The largest absolute Gasteiger partial charge is 0.355 e. The van der Waals surface area contributed by atoms with E-state index in [0.717, 1.165) is 5.56 Å². The molecule has 0 saturated carbocycles. The normalized spacial score (nSPS) is 11.2. The Hall–Kier alpha value is -3.27. The molecule has 8 heteroatoms. The van der Waals surface area contributed by atoms with Crippen LogP contribution in [0.5, 0.6) is 0 Å². The van der Waals surface area contributed by atoms with Gasteiger partial charge in [0, 0.05) is 17.3 Å². The van der Waals surface area contributed by atoms with Gasteiger partial charge in [0.25, 0.3) is 0 Å². The molecular weight excluding hydrogens is 450 g/mol. The first kappa shape index (κ1) is 21.9. The molecule has 1 aromatic carbocycles. The second kappa shape index (κ2) is 8.34. The fourth-order valence-electron chi connectivity index (χ4n) is 3.56. The van der Waals surface area contributed by atoms with Crippen molar-refractivity contribution in [2.24, 2.45) is 0 Å². The minimum atomic E-state index is -0.626. The quantitative estimate of drug-likeness (QED) is 0.287. The Morgan fingerprint density at radius 2 is 1.91 bits per heavy atom. The predicted octanol–water partition coefficient (Wildman–Crippen LogP) is 5.70. The van der Waals surface area contributed by atoms with Crippen LogP contribution in [0.2, 0.25) is 10.2 Å². The summed E-state index contributed by atoms with van der Waals surface area (Å²) in [6.07, 6.45) is 7.15. The summed E-state index contributed by atoms with van der Waals surface area (Å²) >= 11 is 12.7. The highest BCUT2D eigenvalue weighted by atomic mass is 35.5. The third-order valence-electron chi connectivity index (χ3n) is 5.09. The summed E-state index contributed by atoms with van der Waals surface area (Å²) in [6.45, 7) is 5.80. The van der Waals surface area contributed by atoms with Crippen molar-refractivity contribution in [1.82, 2.24) is 19.5 Å². The second-order valence-corrected chi connectivity index (χ2v) is 8.33. The van der Waals surface area contributed by atoms with E-state index >= 15 is 0 Å². The van der Waals surface area contributed by atoms with E-state index in [-0.39, 0.29) is 33.0 Å². The number of pyridine rings is 2. The van der Waals surface area contributed by atoms with Gasteiger partial charge in [-0.05, 0) is 48.7 Å². The highest BCUT2D eigenvalue weighted by molar-refractivity contribution is 6.36. The highest BCUT2D eigenvalue weighted by Crippen LogP contribution is 2.34. The molecule has 0 radical (unpaired) electrons. The molecule has 0 aliphatic rings. The van der Waals surface area contributed by atoms with Crippen LogP contribution in [0.1, 0.15) is 36.6 Å². The van der Waals surface area contributed by atoms with Gasteiger partial charge >= 0.3 is 5.69 Å². The summed E-state index contributed by atoms with van der Waals surface area (Å²) in [5.74, 6) is 1.94. The zero-order chi connectivity index (χ0) is 23.2. The Balaban J connectivity index is 2.16. The lowest BCUT2D eigenvalue weighted by atomic mass is 10.0. The number of terminal acetylenes is 1. The van der Waals surface area contributed by atoms with E-state index in [1.54, 1.807) is 12.3 Å². The number of aryl methyl sites for hydroxylation is 1. The maximum Gasteiger partial charge on any atom is 0.355 e. The number of hydrogen-bond donors (Lipinski definition) is 0. The third-order valence-corrected chi connectivity index (χ3v) is 5.66. The van der Waals surface area contributed by atoms with Gasteiger partial charge in [0.15, 0.2) is 5.65 Å². The molecule has 5 nitrogen and oxygen atoms in total. The van der Waals surface area contributed by atoms with Gasteiger partial charge in [0.2, 0.25) is 0 Å². The van der Waals surface area contributed by atoms with Crippen molar-refractivity contribution in [3.05, 3.63) is 79.8 Å². The van der Waals surface area contributed by atoms with E-state index < -0.39 is 11.5 Å². The molecule has 4 rings (SSSR count). The van der Waals surface area contributed by atoms with Crippen molar-refractivity contribution in [3.63, 3.8) is 0 Å². The molecule has 0 amide bonds. The Labute approximate surface area is 193 Å². The lowest BCUT2D eigenvalue weighted by molar-refractivity contribution is 0.630. The first-order valence-electron chi connectivity index (χ1n) is 9.74. The fraction of sp³-hybridized carbons (Fsp3) is 0.167. The van der Waals surface area contributed by atoms with E-state index in [1.165, 1.54) is 28.8 Å². The standard InChI is InChI=1S/C24H17Cl2FN4O/c1-5-14-6-7-18(27)15(10-14)20-17(25)11-16-22(26)30-24(32)31(23(16)29-20)21-13(4)8-9-28-19(21)12(2)3/h1,6-12H,2-4H3. The van der Waals surface area contributed by atoms with Crippen LogP contribution in [0.4, 0.5) is 4.39 Å². The molecule has 32 heavy (non-hydrogen) atoms. The van der Waals surface area contributed by atoms with Crippen LogP contribution in [0.3, 0.4) is 0 Å². The van der Waals surface area contributed by atoms with Crippen molar-refractivity contribution in [2.45, 2.75) is 26.7 Å². The molecule has 0 aliphatic carbocycles. The Morgan fingerprint density at radius 1 is 1.16 bits per heavy atom. The van der Waals surface area contributed by atoms with Crippen LogP contribution in [-0.2, 0) is 0 Å². The predicted molar refractivity (Wildman–Crippen MR) is 125 cm³/mol. The first-order chi connectivity index (χ1) is 15.2. The number of benzene rings is 1. The van der Waals surface area contributed by atoms with Crippen LogP contribution in [0, 0.1) is 25.1 Å². The molecule has 160 valence electrons. The van der Waals surface area contributed by atoms with Crippen molar-refractivity contribution in [1.29, 1.82) is 0 Å². The number of hydrogen-bond acceptors (Lipinski definition) is 4. The molecule has 4 aromatic rings. The van der Waals surface area contributed by atoms with E-state index in [9.17, 15) is 9.18 Å². The SMILES string of the molecule is C#Cc1ccc(F)c(-c2nc3c(cc2Cl)c(Cl)nc(=O)n3-c2c(C)ccnc2C(C)C)c1. The first-order valence-corrected chi connectivity index (χ1v) is 10.5. The van der Waals surface area contributed by atoms with Crippen molar-refractivity contribution in [2.75, 3.05) is 0 Å². The van der Waals surface area contributed by atoms with Crippen LogP contribution in [-0.4, -0.2) is 19.5 Å². The van der Waals surface area contributed by atoms with Gasteiger partial charge in [-0.15, -0.1) is 6.42 Å². The fourth-order valence-corrected chi connectivity index (χ4v) is 4.02. The average molecular weight is 467 g/mol. The van der Waals surface area contributed by atoms with E-state index in [4.69, 9.17) is 29.6 Å². The van der Waals surface area contributed by atoms with Gasteiger partial charge in [0.1, 0.15) is 11.0 Å². The number of fused-ring (bicyclic) bond motifs is 1. The maximum absolute atomic E-state index is 14.7. The molecule has 0 unspecified atom stereocenters. The summed E-state index contributed by atoms with van der Waals surface area (Å²) in [6, 6.07) is 7.53. The van der Waals surface area contributed by atoms with Crippen LogP contribution in [0.15, 0.2) is 41.3 Å². The molecular formula is C24H17Cl2FN4O. The molecule has 0 fully saturated rings. The molecule has 0 spiro atoms. The van der Waals surface area contributed by atoms with Gasteiger partial charge in [-0.25, -0.2) is 18.7 Å². The summed E-state index contributed by atoms with van der Waals surface area (Å²) in [7, 11) is 0. The number of nitrogens with zero attached hydrogens (tertiary/aromatic N) is 4. The third kappa shape index (κ3) is 3.64. The summed E-state index contributed by atoms with van der Waals surface area (Å²) in [5, 5.41) is 0.450. The average Bonchev–Trinajstić information content (AvgIpc) is 2.75. The molecule has 0 aliphatic heterocycles. The molecule has 0 N–H and O–H groups in total. The van der Waals surface area contributed by atoms with E-state index in [1.807, 2.05) is 20.8 Å². The maximum atomic E-state index is 14.7. The summed E-state index contributed by atoms with van der Waals surface area (Å²) < 4.78 is 16.1. The van der Waals surface area contributed by atoms with Crippen LogP contribution < -0.4 is 5.69 Å². The molecule has 3 aromatic heterocycles. The molecule has 3 heterocycles. The van der Waals surface area contributed by atoms with Crippen molar-refractivity contribution < 1.29 is 4.39 Å². The molecule has 0 atom stereocenters. The number of rotatable bonds is 3. The van der Waals surface area contributed by atoms with E-state index in [0.29, 0.717) is 22.3 Å². The van der Waals surface area contributed by atoms with Gasteiger partial charge in [-0.1, -0.05) is 43.0 Å². The Kier molecular flexibility index (Phi) is 5.72. The highest BCUT2D eigenvalue weighted by Gasteiger charge is 2.22. The summed E-state index contributed by atoms with van der Waals surface area (Å²) in [4.78, 5) is 26.1. The zero-order valence-electron chi connectivity index (χ0n) is 17.4. The lowest BCUT2D eigenvalue weighted by Gasteiger charge is -2.18.